The van der Waals surface area contributed by atoms with Crippen molar-refractivity contribution in [1.82, 2.24) is 9.88 Å². The van der Waals surface area contributed by atoms with E-state index in [0.29, 0.717) is 30.9 Å². The Morgan fingerprint density at radius 1 is 0.972 bits per heavy atom. The maximum Gasteiger partial charge on any atom is 0.410 e. The smallest absolute Gasteiger partial charge is 0.410 e. The predicted molar refractivity (Wildman–Crippen MR) is 136 cm³/mol. The molecule has 2 aromatic carbocycles. The molecule has 6 heteroatoms. The highest BCUT2D eigenvalue weighted by molar-refractivity contribution is 5.99. The lowest BCUT2D eigenvalue weighted by molar-refractivity contribution is 0.0505. The molecule has 36 heavy (non-hydrogen) atoms. The number of nitrogens with zero attached hydrogens (tertiary/aromatic N) is 2. The number of Topliss-reactive ketones (excluding diaryl/α,β-unsaturated/α-hetero) is 1. The molecule has 3 aliphatic rings. The van der Waals surface area contributed by atoms with Gasteiger partial charge >= 0.3 is 6.09 Å². The SMILES string of the molecule is COc1cc(C)c(C(=O)C2CC3CCC(C2)N3C(=O)OCC2c3ccccc3-c3ccccc32)cn1. The fourth-order valence-corrected chi connectivity index (χ4v) is 6.48. The molecule has 6 nitrogen and oxygen atoms in total. The molecule has 1 amide bonds. The minimum Gasteiger partial charge on any atom is -0.481 e. The van der Waals surface area contributed by atoms with E-state index in [-0.39, 0.29) is 35.8 Å². The Balaban J connectivity index is 1.14. The third-order valence-electron chi connectivity index (χ3n) is 8.21. The average Bonchev–Trinajstić information content (AvgIpc) is 3.37. The summed E-state index contributed by atoms with van der Waals surface area (Å²) in [6, 6.07) is 18.6. The highest BCUT2D eigenvalue weighted by Crippen LogP contribution is 2.45. The third kappa shape index (κ3) is 3.76. The predicted octanol–water partition coefficient (Wildman–Crippen LogP) is 5.77. The number of aromatic nitrogens is 1. The summed E-state index contributed by atoms with van der Waals surface area (Å²) in [6.07, 6.45) is 4.54. The first-order chi connectivity index (χ1) is 17.5. The highest BCUT2D eigenvalue weighted by Gasteiger charge is 2.46. The molecule has 2 bridgehead atoms. The second kappa shape index (κ2) is 9.08. The standard InChI is InChI=1S/C30H30N2O4/c1-18-13-28(35-2)31-16-26(18)29(33)19-14-20-11-12-21(15-19)32(20)30(34)36-17-27-24-9-5-3-7-22(24)23-8-4-6-10-25(23)27/h3-10,13,16,19-21,27H,11-12,14-15,17H2,1-2H3. The molecule has 2 atom stereocenters. The van der Waals surface area contributed by atoms with Crippen molar-refractivity contribution in [2.24, 2.45) is 5.92 Å². The molecule has 6 rings (SSSR count). The number of fused-ring (bicyclic) bond motifs is 5. The number of hydrogen-bond donors (Lipinski definition) is 0. The van der Waals surface area contributed by atoms with E-state index in [1.807, 2.05) is 24.0 Å². The highest BCUT2D eigenvalue weighted by atomic mass is 16.6. The maximum atomic E-state index is 13.3. The second-order valence-electron chi connectivity index (χ2n) is 10.2. The molecule has 0 saturated carbocycles. The lowest BCUT2D eigenvalue weighted by Gasteiger charge is -2.38. The van der Waals surface area contributed by atoms with E-state index in [1.54, 1.807) is 19.4 Å². The molecule has 3 heterocycles. The molecule has 0 spiro atoms. The van der Waals surface area contributed by atoms with Gasteiger partial charge in [-0.1, -0.05) is 48.5 Å². The molecular weight excluding hydrogens is 452 g/mol. The van der Waals surface area contributed by atoms with Crippen LogP contribution in [0.2, 0.25) is 0 Å². The Morgan fingerprint density at radius 3 is 2.17 bits per heavy atom. The lowest BCUT2D eigenvalue weighted by Crippen LogP contribution is -2.48. The van der Waals surface area contributed by atoms with Crippen LogP contribution in [0.15, 0.2) is 60.8 Å². The number of ketones is 1. The monoisotopic (exact) mass is 482 g/mol. The number of rotatable bonds is 5. The Hall–Kier alpha value is -3.67. The number of aryl methyl sites for hydroxylation is 1. The normalized spacial score (nSPS) is 22.2. The van der Waals surface area contributed by atoms with Gasteiger partial charge < -0.3 is 14.4 Å². The van der Waals surface area contributed by atoms with E-state index in [0.717, 1.165) is 18.4 Å². The number of amides is 1. The van der Waals surface area contributed by atoms with Gasteiger partial charge in [0.2, 0.25) is 5.88 Å². The fourth-order valence-electron chi connectivity index (χ4n) is 6.48. The van der Waals surface area contributed by atoms with Gasteiger partial charge in [0, 0.05) is 41.7 Å². The molecular formula is C30H30N2O4. The van der Waals surface area contributed by atoms with Crippen molar-refractivity contribution in [2.75, 3.05) is 13.7 Å². The van der Waals surface area contributed by atoms with Crippen molar-refractivity contribution in [1.29, 1.82) is 0 Å². The molecule has 0 radical (unpaired) electrons. The Morgan fingerprint density at radius 2 is 1.58 bits per heavy atom. The molecule has 2 unspecified atom stereocenters. The van der Waals surface area contributed by atoms with Crippen LogP contribution in [0.5, 0.6) is 5.88 Å². The van der Waals surface area contributed by atoms with Gasteiger partial charge in [0.05, 0.1) is 7.11 Å². The zero-order valence-corrected chi connectivity index (χ0v) is 20.6. The topological polar surface area (TPSA) is 68.7 Å². The van der Waals surface area contributed by atoms with E-state index in [4.69, 9.17) is 9.47 Å². The zero-order valence-electron chi connectivity index (χ0n) is 20.6. The van der Waals surface area contributed by atoms with Gasteiger partial charge in [-0.15, -0.1) is 0 Å². The summed E-state index contributed by atoms with van der Waals surface area (Å²) in [5.74, 6) is 0.568. The van der Waals surface area contributed by atoms with Crippen molar-refractivity contribution < 1.29 is 19.1 Å². The van der Waals surface area contributed by atoms with Crippen LogP contribution in [-0.2, 0) is 4.74 Å². The summed E-state index contributed by atoms with van der Waals surface area (Å²) in [5.41, 5.74) is 6.38. The number of hydrogen-bond acceptors (Lipinski definition) is 5. The van der Waals surface area contributed by atoms with E-state index < -0.39 is 0 Å². The minimum absolute atomic E-state index is 0.0415. The summed E-state index contributed by atoms with van der Waals surface area (Å²) in [4.78, 5) is 32.8. The Kier molecular flexibility index (Phi) is 5.75. The average molecular weight is 483 g/mol. The molecule has 0 N–H and O–H groups in total. The van der Waals surface area contributed by atoms with E-state index in [2.05, 4.69) is 41.4 Å². The first-order valence-corrected chi connectivity index (χ1v) is 12.7. The molecule has 2 fully saturated rings. The zero-order chi connectivity index (χ0) is 24.8. The van der Waals surface area contributed by atoms with Crippen LogP contribution in [0.4, 0.5) is 4.79 Å². The quantitative estimate of drug-likeness (QED) is 0.432. The molecule has 184 valence electrons. The maximum absolute atomic E-state index is 13.3. The van der Waals surface area contributed by atoms with Gasteiger partial charge in [0.15, 0.2) is 5.78 Å². The van der Waals surface area contributed by atoms with Crippen molar-refractivity contribution in [3.05, 3.63) is 83.0 Å². The lowest BCUT2D eigenvalue weighted by atomic mass is 9.84. The van der Waals surface area contributed by atoms with Gasteiger partial charge in [-0.2, -0.15) is 0 Å². The summed E-state index contributed by atoms with van der Waals surface area (Å²) >= 11 is 0. The molecule has 1 aromatic heterocycles. The Labute approximate surface area is 211 Å². The number of benzene rings is 2. The molecule has 3 aromatic rings. The first kappa shape index (κ1) is 22.8. The van der Waals surface area contributed by atoms with Gasteiger partial charge in [0.1, 0.15) is 6.61 Å². The summed E-state index contributed by atoms with van der Waals surface area (Å²) in [7, 11) is 1.57. The summed E-state index contributed by atoms with van der Waals surface area (Å²) in [6.45, 7) is 2.24. The number of ether oxygens (including phenoxy) is 2. The summed E-state index contributed by atoms with van der Waals surface area (Å²) < 4.78 is 11.1. The number of carbonyl (C=O) groups excluding carboxylic acids is 2. The van der Waals surface area contributed by atoms with Gasteiger partial charge in [-0.25, -0.2) is 9.78 Å². The van der Waals surface area contributed by atoms with Gasteiger partial charge in [0.25, 0.3) is 0 Å². The van der Waals surface area contributed by atoms with Crippen LogP contribution >= 0.6 is 0 Å². The molecule has 2 aliphatic heterocycles. The van der Waals surface area contributed by atoms with E-state index in [9.17, 15) is 9.59 Å². The minimum atomic E-state index is -0.252. The number of pyridine rings is 1. The second-order valence-corrected chi connectivity index (χ2v) is 10.2. The molecule has 2 saturated heterocycles. The third-order valence-corrected chi connectivity index (χ3v) is 8.21. The van der Waals surface area contributed by atoms with Crippen LogP contribution in [0.3, 0.4) is 0 Å². The molecule has 1 aliphatic carbocycles. The van der Waals surface area contributed by atoms with Crippen molar-refractivity contribution in [3.63, 3.8) is 0 Å². The van der Waals surface area contributed by atoms with Gasteiger partial charge in [-0.05, 0) is 60.4 Å². The largest absolute Gasteiger partial charge is 0.481 e. The number of carbonyl (C=O) groups is 2. The summed E-state index contributed by atoms with van der Waals surface area (Å²) in [5, 5.41) is 0. The van der Waals surface area contributed by atoms with Crippen LogP contribution in [0, 0.1) is 12.8 Å². The van der Waals surface area contributed by atoms with Gasteiger partial charge in [-0.3, -0.25) is 4.79 Å². The number of methoxy groups -OCH3 is 1. The van der Waals surface area contributed by atoms with E-state index in [1.165, 1.54) is 22.3 Å². The van der Waals surface area contributed by atoms with Crippen molar-refractivity contribution in [3.8, 4) is 17.0 Å². The fraction of sp³-hybridized carbons (Fsp3) is 0.367. The van der Waals surface area contributed by atoms with Crippen LogP contribution < -0.4 is 4.74 Å². The first-order valence-electron chi connectivity index (χ1n) is 12.7. The van der Waals surface area contributed by atoms with Crippen LogP contribution in [0.1, 0.15) is 58.6 Å². The van der Waals surface area contributed by atoms with Crippen molar-refractivity contribution >= 4 is 11.9 Å². The number of piperidine rings is 1. The van der Waals surface area contributed by atoms with E-state index >= 15 is 0 Å². The van der Waals surface area contributed by atoms with Crippen LogP contribution in [0.25, 0.3) is 11.1 Å². The van der Waals surface area contributed by atoms with Crippen molar-refractivity contribution in [2.45, 2.75) is 50.6 Å². The Bertz CT molecular complexity index is 1280. The van der Waals surface area contributed by atoms with Crippen LogP contribution in [-0.4, -0.2) is 47.6 Å².